The second-order valence-electron chi connectivity index (χ2n) is 6.41. The lowest BCUT2D eigenvalue weighted by Crippen LogP contribution is -2.44. The Kier molecular flexibility index (Phi) is 7.28. The van der Waals surface area contributed by atoms with Gasteiger partial charge in [-0.25, -0.2) is 23.5 Å². The van der Waals surface area contributed by atoms with Gasteiger partial charge < -0.3 is 32.1 Å². The Hall–Kier alpha value is -3.70. The van der Waals surface area contributed by atoms with Gasteiger partial charge in [0, 0.05) is 25.2 Å². The average Bonchev–Trinajstić information content (AvgIpc) is 2.67. The Labute approximate surface area is 171 Å². The molecule has 0 unspecified atom stereocenters. The Bertz CT molecular complexity index is 942. The van der Waals surface area contributed by atoms with Gasteiger partial charge in [-0.15, -0.1) is 0 Å². The van der Waals surface area contributed by atoms with Crippen molar-refractivity contribution < 1.29 is 23.5 Å². The summed E-state index contributed by atoms with van der Waals surface area (Å²) in [5.74, 6) is -2.76. The SMILES string of the molecule is CC[C@@H](Nc1nc(Nc2cnc(NC)c(F)c2)c(C(N)=O)cc1F)[C@H](C)NC(=O)O. The highest BCUT2D eigenvalue weighted by Crippen LogP contribution is 2.25. The maximum atomic E-state index is 14.5. The number of hydrogen-bond donors (Lipinski definition) is 6. The van der Waals surface area contributed by atoms with Crippen molar-refractivity contribution in [3.05, 3.63) is 35.5 Å². The van der Waals surface area contributed by atoms with Gasteiger partial charge in [-0.1, -0.05) is 6.92 Å². The van der Waals surface area contributed by atoms with Crippen molar-refractivity contribution in [3.8, 4) is 0 Å². The fraction of sp³-hybridized carbons (Fsp3) is 0.333. The van der Waals surface area contributed by atoms with Gasteiger partial charge in [-0.2, -0.15) is 0 Å². The smallest absolute Gasteiger partial charge is 0.404 e. The van der Waals surface area contributed by atoms with Gasteiger partial charge >= 0.3 is 6.09 Å². The quantitative estimate of drug-likeness (QED) is 0.359. The first-order chi connectivity index (χ1) is 14.2. The molecule has 0 saturated heterocycles. The molecular weight excluding hydrogens is 400 g/mol. The zero-order valence-corrected chi connectivity index (χ0v) is 16.6. The summed E-state index contributed by atoms with van der Waals surface area (Å²) in [6.45, 7) is 3.40. The molecule has 0 spiro atoms. The van der Waals surface area contributed by atoms with Gasteiger partial charge in [-0.3, -0.25) is 4.79 Å². The fourth-order valence-electron chi connectivity index (χ4n) is 2.75. The molecule has 2 amide bonds. The van der Waals surface area contributed by atoms with Crippen LogP contribution in [0, 0.1) is 11.6 Å². The molecule has 2 rings (SSSR count). The molecule has 0 fully saturated rings. The van der Waals surface area contributed by atoms with E-state index in [1.165, 1.54) is 13.2 Å². The zero-order valence-electron chi connectivity index (χ0n) is 16.6. The minimum Gasteiger partial charge on any atom is -0.465 e. The number of hydrogen-bond acceptors (Lipinski definition) is 7. The van der Waals surface area contributed by atoms with Crippen molar-refractivity contribution in [1.82, 2.24) is 15.3 Å². The molecule has 2 aromatic heterocycles. The standard InChI is InChI=1S/C18H23F2N7O3/c1-4-13(8(2)24-18(29)30)26-17-12(20)6-10(14(21)28)15(27-17)25-9-5-11(19)16(22-3)23-7-9/h5-8,13,24H,4H2,1-3H3,(H2,21,28)(H,22,23)(H,29,30)(H2,25,26,27)/t8-,13+/m0/s1. The van der Waals surface area contributed by atoms with Gasteiger partial charge in [0.25, 0.3) is 5.91 Å². The first-order valence-corrected chi connectivity index (χ1v) is 9.02. The highest BCUT2D eigenvalue weighted by Gasteiger charge is 2.22. The van der Waals surface area contributed by atoms with Crippen LogP contribution in [-0.2, 0) is 0 Å². The Morgan fingerprint density at radius 3 is 2.40 bits per heavy atom. The number of nitrogens with zero attached hydrogens (tertiary/aromatic N) is 2. The highest BCUT2D eigenvalue weighted by molar-refractivity contribution is 5.98. The molecule has 162 valence electrons. The summed E-state index contributed by atoms with van der Waals surface area (Å²) < 4.78 is 28.5. The van der Waals surface area contributed by atoms with E-state index in [4.69, 9.17) is 10.8 Å². The third-order valence-electron chi connectivity index (χ3n) is 4.30. The summed E-state index contributed by atoms with van der Waals surface area (Å²) in [7, 11) is 1.51. The van der Waals surface area contributed by atoms with Crippen molar-refractivity contribution in [2.45, 2.75) is 32.4 Å². The molecule has 0 aliphatic heterocycles. The molecule has 2 atom stereocenters. The van der Waals surface area contributed by atoms with E-state index in [1.54, 1.807) is 13.8 Å². The molecular formula is C18H23F2N7O3. The van der Waals surface area contributed by atoms with E-state index in [-0.39, 0.29) is 28.7 Å². The molecule has 0 bridgehead atoms. The average molecular weight is 423 g/mol. The van der Waals surface area contributed by atoms with E-state index in [9.17, 15) is 18.4 Å². The Balaban J connectivity index is 2.38. The Morgan fingerprint density at radius 1 is 1.20 bits per heavy atom. The number of anilines is 4. The van der Waals surface area contributed by atoms with Crippen molar-refractivity contribution >= 4 is 35.1 Å². The van der Waals surface area contributed by atoms with E-state index >= 15 is 0 Å². The summed E-state index contributed by atoms with van der Waals surface area (Å²) in [5.41, 5.74) is 5.22. The molecule has 7 N–H and O–H groups in total. The summed E-state index contributed by atoms with van der Waals surface area (Å²) in [5, 5.41) is 19.3. The lowest BCUT2D eigenvalue weighted by Gasteiger charge is -2.25. The monoisotopic (exact) mass is 423 g/mol. The molecule has 12 heteroatoms. The third-order valence-corrected chi connectivity index (χ3v) is 4.30. The molecule has 2 aromatic rings. The molecule has 0 radical (unpaired) electrons. The van der Waals surface area contributed by atoms with Gasteiger partial charge in [0.2, 0.25) is 0 Å². The predicted octanol–water partition coefficient (Wildman–Crippen LogP) is 2.49. The summed E-state index contributed by atoms with van der Waals surface area (Å²) >= 11 is 0. The summed E-state index contributed by atoms with van der Waals surface area (Å²) in [4.78, 5) is 30.5. The molecule has 0 aliphatic carbocycles. The largest absolute Gasteiger partial charge is 0.465 e. The molecule has 0 aromatic carbocycles. The van der Waals surface area contributed by atoms with Crippen LogP contribution in [0.15, 0.2) is 18.3 Å². The van der Waals surface area contributed by atoms with E-state index < -0.39 is 35.7 Å². The molecule has 2 heterocycles. The van der Waals surface area contributed by atoms with Crippen LogP contribution < -0.4 is 27.0 Å². The van der Waals surface area contributed by atoms with Crippen LogP contribution >= 0.6 is 0 Å². The number of aromatic nitrogens is 2. The van der Waals surface area contributed by atoms with Crippen molar-refractivity contribution in [1.29, 1.82) is 0 Å². The number of carbonyl (C=O) groups is 2. The first-order valence-electron chi connectivity index (χ1n) is 9.02. The van der Waals surface area contributed by atoms with Crippen LogP contribution in [0.4, 0.5) is 36.7 Å². The number of halogens is 2. The predicted molar refractivity (Wildman–Crippen MR) is 108 cm³/mol. The second-order valence-corrected chi connectivity index (χ2v) is 6.41. The topological polar surface area (TPSA) is 154 Å². The number of rotatable bonds is 9. The first kappa shape index (κ1) is 22.6. The van der Waals surface area contributed by atoms with Crippen LogP contribution in [0.25, 0.3) is 0 Å². The van der Waals surface area contributed by atoms with E-state index in [2.05, 4.69) is 31.2 Å². The Morgan fingerprint density at radius 2 is 1.87 bits per heavy atom. The number of primary amides is 1. The van der Waals surface area contributed by atoms with Crippen LogP contribution in [-0.4, -0.2) is 46.2 Å². The fourth-order valence-corrected chi connectivity index (χ4v) is 2.75. The molecule has 10 nitrogen and oxygen atoms in total. The van der Waals surface area contributed by atoms with Gasteiger partial charge in [0.1, 0.15) is 5.82 Å². The zero-order chi connectivity index (χ0) is 22.4. The number of carbonyl (C=O) groups excluding carboxylic acids is 1. The normalized spacial score (nSPS) is 12.6. The maximum Gasteiger partial charge on any atom is 0.404 e. The van der Waals surface area contributed by atoms with E-state index in [0.717, 1.165) is 12.1 Å². The number of nitrogens with two attached hydrogens (primary N) is 1. The van der Waals surface area contributed by atoms with E-state index in [0.29, 0.717) is 6.42 Å². The molecule has 0 saturated carbocycles. The van der Waals surface area contributed by atoms with Gasteiger partial charge in [0.15, 0.2) is 23.3 Å². The van der Waals surface area contributed by atoms with Crippen molar-refractivity contribution in [2.24, 2.45) is 5.73 Å². The summed E-state index contributed by atoms with van der Waals surface area (Å²) in [6, 6.07) is 0.959. The summed E-state index contributed by atoms with van der Waals surface area (Å²) in [6.07, 6.45) is 0.525. The van der Waals surface area contributed by atoms with Crippen LogP contribution in [0.5, 0.6) is 0 Å². The van der Waals surface area contributed by atoms with Crippen LogP contribution in [0.3, 0.4) is 0 Å². The van der Waals surface area contributed by atoms with Crippen molar-refractivity contribution in [3.63, 3.8) is 0 Å². The molecule has 30 heavy (non-hydrogen) atoms. The lowest BCUT2D eigenvalue weighted by molar-refractivity contribution is 0.100. The third kappa shape index (κ3) is 5.43. The van der Waals surface area contributed by atoms with Gasteiger partial charge in [-0.05, 0) is 19.4 Å². The molecule has 0 aliphatic rings. The van der Waals surface area contributed by atoms with Crippen LogP contribution in [0.1, 0.15) is 30.6 Å². The minimum absolute atomic E-state index is 0.0239. The minimum atomic E-state index is -1.22. The number of pyridine rings is 2. The van der Waals surface area contributed by atoms with E-state index in [1.807, 2.05) is 0 Å². The number of carboxylic acid groups (broad SMARTS) is 1. The van der Waals surface area contributed by atoms with Crippen molar-refractivity contribution in [2.75, 3.05) is 23.0 Å². The maximum absolute atomic E-state index is 14.5. The number of amides is 2. The number of nitrogens with one attached hydrogen (secondary N) is 4. The lowest BCUT2D eigenvalue weighted by atomic mass is 10.1. The van der Waals surface area contributed by atoms with Gasteiger partial charge in [0.05, 0.1) is 17.4 Å². The highest BCUT2D eigenvalue weighted by atomic mass is 19.1. The second kappa shape index (κ2) is 9.67. The van der Waals surface area contributed by atoms with Crippen LogP contribution in [0.2, 0.25) is 0 Å².